The number of hydrogen-bond donors (Lipinski definition) is 3. The first-order valence-electron chi connectivity index (χ1n) is 6.17. The highest BCUT2D eigenvalue weighted by molar-refractivity contribution is 5.89. The topological polar surface area (TPSA) is 70.6 Å². The Hall–Kier alpha value is -2.69. The van der Waals surface area contributed by atoms with E-state index in [1.54, 1.807) is 12.1 Å². The van der Waals surface area contributed by atoms with Gasteiger partial charge >= 0.3 is 6.03 Å². The molecule has 0 aromatic heterocycles. The second-order valence-electron chi connectivity index (χ2n) is 4.28. The Morgan fingerprint density at radius 3 is 2.65 bits per heavy atom. The van der Waals surface area contributed by atoms with Gasteiger partial charge in [-0.3, -0.25) is 0 Å². The Morgan fingerprint density at radius 2 is 1.95 bits per heavy atom. The molecule has 0 saturated carbocycles. The molecule has 0 radical (unpaired) electrons. The fourth-order valence-corrected chi connectivity index (χ4v) is 1.58. The molecule has 2 aromatic rings. The van der Waals surface area contributed by atoms with Gasteiger partial charge in [-0.25, -0.2) is 4.79 Å². The van der Waals surface area contributed by atoms with Gasteiger partial charge in [-0.15, -0.1) is 0 Å². The third kappa shape index (κ3) is 4.20. The molecule has 0 saturated heterocycles. The second-order valence-corrected chi connectivity index (χ2v) is 4.28. The van der Waals surface area contributed by atoms with Crippen LogP contribution in [0.3, 0.4) is 0 Å². The molecule has 0 spiro atoms. The molecule has 0 atom stereocenters. The molecule has 5 nitrogen and oxygen atoms in total. The number of anilines is 1. The summed E-state index contributed by atoms with van der Waals surface area (Å²) in [7, 11) is 0. The zero-order chi connectivity index (χ0) is 14.4. The highest BCUT2D eigenvalue weighted by Crippen LogP contribution is 2.15. The standard InChI is InChI=1S/C15H16N2O3/c1-11-5-7-14(8-6-11)20-10-16-15(19)17-12-3-2-4-13(18)9-12/h2-9,18H,10H2,1H3,(H2,16,17,19). The van der Waals surface area contributed by atoms with Gasteiger partial charge in [0.05, 0.1) is 0 Å². The summed E-state index contributed by atoms with van der Waals surface area (Å²) in [4.78, 5) is 11.6. The number of phenolic OH excluding ortho intramolecular Hbond substituents is 1. The van der Waals surface area contributed by atoms with Crippen molar-refractivity contribution in [3.63, 3.8) is 0 Å². The number of carbonyl (C=O) groups is 1. The summed E-state index contributed by atoms with van der Waals surface area (Å²) in [5.41, 5.74) is 1.66. The molecule has 0 heterocycles. The van der Waals surface area contributed by atoms with E-state index in [1.165, 1.54) is 12.1 Å². The van der Waals surface area contributed by atoms with Crippen LogP contribution in [0.2, 0.25) is 0 Å². The predicted octanol–water partition coefficient (Wildman–Crippen LogP) is 2.86. The van der Waals surface area contributed by atoms with Crippen LogP contribution < -0.4 is 15.4 Å². The van der Waals surface area contributed by atoms with Gasteiger partial charge in [0.1, 0.15) is 11.5 Å². The summed E-state index contributed by atoms with van der Waals surface area (Å²) >= 11 is 0. The van der Waals surface area contributed by atoms with Crippen LogP contribution in [0, 0.1) is 6.92 Å². The number of carbonyl (C=O) groups excluding carboxylic acids is 1. The molecule has 0 bridgehead atoms. The van der Waals surface area contributed by atoms with E-state index in [9.17, 15) is 9.90 Å². The maximum atomic E-state index is 11.6. The van der Waals surface area contributed by atoms with E-state index in [2.05, 4.69) is 10.6 Å². The number of urea groups is 1. The first kappa shape index (κ1) is 13.7. The van der Waals surface area contributed by atoms with Crippen LogP contribution in [0.25, 0.3) is 0 Å². The summed E-state index contributed by atoms with van der Waals surface area (Å²) in [5, 5.41) is 14.4. The van der Waals surface area contributed by atoms with Gasteiger partial charge in [-0.05, 0) is 31.2 Å². The summed E-state index contributed by atoms with van der Waals surface area (Å²) in [6.07, 6.45) is 0. The average Bonchev–Trinajstić information content (AvgIpc) is 2.41. The zero-order valence-corrected chi connectivity index (χ0v) is 11.1. The van der Waals surface area contributed by atoms with E-state index in [4.69, 9.17) is 4.74 Å². The van der Waals surface area contributed by atoms with Crippen molar-refractivity contribution in [2.75, 3.05) is 12.0 Å². The normalized spacial score (nSPS) is 9.85. The molecule has 0 aliphatic carbocycles. The summed E-state index contributed by atoms with van der Waals surface area (Å²) in [5.74, 6) is 0.784. The monoisotopic (exact) mass is 272 g/mol. The molecule has 104 valence electrons. The van der Waals surface area contributed by atoms with Crippen molar-refractivity contribution in [1.29, 1.82) is 0 Å². The van der Waals surface area contributed by atoms with E-state index in [0.717, 1.165) is 5.56 Å². The van der Waals surface area contributed by atoms with Crippen molar-refractivity contribution in [2.24, 2.45) is 0 Å². The molecule has 0 aliphatic rings. The highest BCUT2D eigenvalue weighted by Gasteiger charge is 2.01. The Balaban J connectivity index is 1.76. The minimum atomic E-state index is -0.400. The SMILES string of the molecule is Cc1ccc(OCNC(=O)Nc2cccc(O)c2)cc1. The van der Waals surface area contributed by atoms with Gasteiger partial charge in [0.2, 0.25) is 0 Å². The van der Waals surface area contributed by atoms with Crippen LogP contribution >= 0.6 is 0 Å². The van der Waals surface area contributed by atoms with Gasteiger partial charge in [0, 0.05) is 11.8 Å². The zero-order valence-electron chi connectivity index (χ0n) is 11.1. The Labute approximate surface area is 117 Å². The van der Waals surface area contributed by atoms with Crippen LogP contribution in [0.1, 0.15) is 5.56 Å². The van der Waals surface area contributed by atoms with Crippen molar-refractivity contribution in [1.82, 2.24) is 5.32 Å². The van der Waals surface area contributed by atoms with E-state index in [1.807, 2.05) is 31.2 Å². The minimum Gasteiger partial charge on any atom is -0.508 e. The maximum absolute atomic E-state index is 11.6. The maximum Gasteiger partial charge on any atom is 0.321 e. The Bertz CT molecular complexity index is 582. The van der Waals surface area contributed by atoms with Gasteiger partial charge in [-0.1, -0.05) is 23.8 Å². The molecular weight excluding hydrogens is 256 g/mol. The van der Waals surface area contributed by atoms with Crippen LogP contribution in [-0.2, 0) is 0 Å². The number of nitrogens with one attached hydrogen (secondary N) is 2. The molecule has 5 heteroatoms. The van der Waals surface area contributed by atoms with E-state index >= 15 is 0 Å². The number of aromatic hydroxyl groups is 1. The van der Waals surface area contributed by atoms with Crippen LogP contribution in [0.4, 0.5) is 10.5 Å². The molecule has 0 unspecified atom stereocenters. The van der Waals surface area contributed by atoms with Crippen LogP contribution in [0.15, 0.2) is 48.5 Å². The molecule has 20 heavy (non-hydrogen) atoms. The third-order valence-electron chi connectivity index (χ3n) is 2.60. The average molecular weight is 272 g/mol. The molecule has 2 rings (SSSR count). The second kappa shape index (κ2) is 6.47. The summed E-state index contributed by atoms with van der Waals surface area (Å²) in [6, 6.07) is 13.5. The molecule has 2 aromatic carbocycles. The van der Waals surface area contributed by atoms with E-state index in [0.29, 0.717) is 11.4 Å². The molecule has 2 amide bonds. The lowest BCUT2D eigenvalue weighted by atomic mass is 10.2. The van der Waals surface area contributed by atoms with Crippen molar-refractivity contribution >= 4 is 11.7 Å². The van der Waals surface area contributed by atoms with Gasteiger partial charge < -0.3 is 20.5 Å². The van der Waals surface area contributed by atoms with E-state index in [-0.39, 0.29) is 12.5 Å². The molecule has 0 aliphatic heterocycles. The largest absolute Gasteiger partial charge is 0.508 e. The first-order chi connectivity index (χ1) is 9.63. The fraction of sp³-hybridized carbons (Fsp3) is 0.133. The Morgan fingerprint density at radius 1 is 1.20 bits per heavy atom. The lowest BCUT2D eigenvalue weighted by Gasteiger charge is -2.09. The van der Waals surface area contributed by atoms with Crippen molar-refractivity contribution in [2.45, 2.75) is 6.92 Å². The summed E-state index contributed by atoms with van der Waals surface area (Å²) in [6.45, 7) is 2.05. The number of amides is 2. The van der Waals surface area contributed by atoms with Crippen LogP contribution in [0.5, 0.6) is 11.5 Å². The number of rotatable bonds is 4. The molecule has 3 N–H and O–H groups in total. The van der Waals surface area contributed by atoms with Gasteiger partial charge in [0.15, 0.2) is 6.73 Å². The lowest BCUT2D eigenvalue weighted by molar-refractivity contribution is 0.234. The highest BCUT2D eigenvalue weighted by atomic mass is 16.5. The van der Waals surface area contributed by atoms with Crippen molar-refractivity contribution in [3.05, 3.63) is 54.1 Å². The van der Waals surface area contributed by atoms with Crippen LogP contribution in [-0.4, -0.2) is 17.9 Å². The number of benzene rings is 2. The minimum absolute atomic E-state index is 0.0632. The number of aryl methyl sites for hydroxylation is 1. The molecular formula is C15H16N2O3. The predicted molar refractivity (Wildman–Crippen MR) is 76.9 cm³/mol. The van der Waals surface area contributed by atoms with E-state index < -0.39 is 6.03 Å². The quantitative estimate of drug-likeness (QED) is 0.749. The third-order valence-corrected chi connectivity index (χ3v) is 2.60. The summed E-state index contributed by atoms with van der Waals surface area (Å²) < 4.78 is 5.37. The first-order valence-corrected chi connectivity index (χ1v) is 6.17. The number of phenols is 1. The fourth-order valence-electron chi connectivity index (χ4n) is 1.58. The van der Waals surface area contributed by atoms with Gasteiger partial charge in [0.25, 0.3) is 0 Å². The molecule has 0 fully saturated rings. The smallest absolute Gasteiger partial charge is 0.321 e. The van der Waals surface area contributed by atoms with Crippen molar-refractivity contribution < 1.29 is 14.6 Å². The van der Waals surface area contributed by atoms with Gasteiger partial charge in [-0.2, -0.15) is 0 Å². The van der Waals surface area contributed by atoms with Crippen molar-refractivity contribution in [3.8, 4) is 11.5 Å². The Kier molecular flexibility index (Phi) is 4.44. The number of ether oxygens (including phenoxy) is 1. The lowest BCUT2D eigenvalue weighted by Crippen LogP contribution is -2.31. The number of hydrogen-bond acceptors (Lipinski definition) is 3.